The molecule has 0 radical (unpaired) electrons. The van der Waals surface area contributed by atoms with Crippen molar-refractivity contribution in [3.05, 3.63) is 0 Å². The van der Waals surface area contributed by atoms with E-state index in [2.05, 4.69) is 16.0 Å². The number of nitrogens with one attached hydrogen (secondary N) is 3. The van der Waals surface area contributed by atoms with Gasteiger partial charge < -0.3 is 15.1 Å². The van der Waals surface area contributed by atoms with Crippen molar-refractivity contribution in [3.63, 3.8) is 0 Å². The molecule has 7 amide bonds. The number of carbonyl (C=O) groups is 5. The van der Waals surface area contributed by atoms with Gasteiger partial charge in [0.05, 0.1) is 29.0 Å². The third-order valence-electron chi connectivity index (χ3n) is 6.28. The van der Waals surface area contributed by atoms with E-state index < -0.39 is 52.8 Å². The maximum atomic E-state index is 12.6. The van der Waals surface area contributed by atoms with Crippen molar-refractivity contribution in [1.29, 1.82) is 0 Å². The molecule has 3 heterocycles. The molecule has 0 spiro atoms. The Kier molecular flexibility index (Phi) is 2.64. The highest BCUT2D eigenvalue weighted by atomic mass is 16.2. The molecule has 3 aliphatic heterocycles. The van der Waals surface area contributed by atoms with E-state index in [9.17, 15) is 24.0 Å². The van der Waals surface area contributed by atoms with Crippen molar-refractivity contribution < 1.29 is 24.0 Å². The summed E-state index contributed by atoms with van der Waals surface area (Å²) < 4.78 is 0. The fourth-order valence-electron chi connectivity index (χ4n) is 4.83. The number of fused-ring (bicyclic) bond motifs is 1. The maximum absolute atomic E-state index is 12.6. The van der Waals surface area contributed by atoms with Crippen molar-refractivity contribution >= 4 is 30.3 Å². The van der Waals surface area contributed by atoms with Gasteiger partial charge in [-0.1, -0.05) is 0 Å². The first-order valence-electron chi connectivity index (χ1n) is 7.70. The van der Waals surface area contributed by atoms with Crippen molar-refractivity contribution in [1.82, 2.24) is 25.8 Å². The first-order chi connectivity index (χ1) is 11.3. The molecule has 24 heavy (non-hydrogen) atoms. The number of urea groups is 2. The van der Waals surface area contributed by atoms with Crippen LogP contribution in [0.2, 0.25) is 0 Å². The molecular weight excluding hydrogens is 318 g/mol. The molecule has 128 valence electrons. The van der Waals surface area contributed by atoms with Crippen LogP contribution >= 0.6 is 0 Å². The summed E-state index contributed by atoms with van der Waals surface area (Å²) in [6.45, 7) is 3.60. The molecule has 0 aromatic rings. The second kappa shape index (κ2) is 4.25. The second-order valence-corrected chi connectivity index (χ2v) is 7.10. The number of hydrogen-bond donors (Lipinski definition) is 3. The van der Waals surface area contributed by atoms with Crippen LogP contribution in [0, 0.1) is 10.8 Å². The molecule has 1 saturated carbocycles. The lowest BCUT2D eigenvalue weighted by Gasteiger charge is -2.70. The maximum Gasteiger partial charge on any atom is 0.324 e. The molecule has 10 heteroatoms. The molecule has 0 bridgehead atoms. The summed E-state index contributed by atoms with van der Waals surface area (Å²) in [4.78, 5) is 63.5. The Bertz CT molecular complexity index is 656. The van der Waals surface area contributed by atoms with E-state index in [0.717, 1.165) is 0 Å². The van der Waals surface area contributed by atoms with Gasteiger partial charge in [-0.2, -0.15) is 0 Å². The largest absolute Gasteiger partial charge is 0.352 e. The monoisotopic (exact) mass is 335 g/mol. The number of nitrogens with zero attached hydrogens (tertiary/aromatic N) is 2. The van der Waals surface area contributed by atoms with Crippen LogP contribution < -0.4 is 16.0 Å². The lowest BCUT2D eigenvalue weighted by atomic mass is 9.42. The van der Waals surface area contributed by atoms with Gasteiger partial charge in [0.1, 0.15) is 0 Å². The smallest absolute Gasteiger partial charge is 0.324 e. The highest BCUT2D eigenvalue weighted by Gasteiger charge is 2.81. The lowest BCUT2D eigenvalue weighted by Crippen LogP contribution is -2.90. The van der Waals surface area contributed by atoms with E-state index in [0.29, 0.717) is 6.41 Å². The summed E-state index contributed by atoms with van der Waals surface area (Å²) in [7, 11) is 0. The molecule has 4 atom stereocenters. The summed E-state index contributed by atoms with van der Waals surface area (Å²) in [6.07, 6.45) is 0.510. The number of hydrogen-bond acceptors (Lipinski definition) is 5. The van der Waals surface area contributed by atoms with Gasteiger partial charge in [-0.05, 0) is 13.8 Å². The predicted molar refractivity (Wildman–Crippen MR) is 77.3 cm³/mol. The molecule has 4 unspecified atom stereocenters. The Hall–Kier alpha value is -2.65. The van der Waals surface area contributed by atoms with Gasteiger partial charge >= 0.3 is 12.1 Å². The first kappa shape index (κ1) is 14.9. The van der Waals surface area contributed by atoms with E-state index in [4.69, 9.17) is 0 Å². The lowest BCUT2D eigenvalue weighted by molar-refractivity contribution is -0.209. The van der Waals surface area contributed by atoms with Gasteiger partial charge in [0.2, 0.25) is 18.2 Å². The summed E-state index contributed by atoms with van der Waals surface area (Å²) in [5, 5.41) is 7.21. The van der Waals surface area contributed by atoms with Gasteiger partial charge in [0, 0.05) is 13.1 Å². The van der Waals surface area contributed by atoms with E-state index in [-0.39, 0.29) is 13.1 Å². The average molecular weight is 335 g/mol. The van der Waals surface area contributed by atoms with Crippen molar-refractivity contribution in [2.45, 2.75) is 32.0 Å². The third kappa shape index (κ3) is 1.35. The van der Waals surface area contributed by atoms with Gasteiger partial charge in [0.15, 0.2) is 0 Å². The third-order valence-corrected chi connectivity index (χ3v) is 6.28. The zero-order valence-electron chi connectivity index (χ0n) is 13.2. The molecule has 4 rings (SSSR count). The van der Waals surface area contributed by atoms with E-state index in [1.165, 1.54) is 9.80 Å². The van der Waals surface area contributed by atoms with Crippen LogP contribution in [-0.2, 0) is 14.4 Å². The van der Waals surface area contributed by atoms with Crippen LogP contribution in [0.5, 0.6) is 0 Å². The van der Waals surface area contributed by atoms with Crippen LogP contribution in [0.25, 0.3) is 0 Å². The Labute approximate surface area is 136 Å². The van der Waals surface area contributed by atoms with Crippen LogP contribution in [0.3, 0.4) is 0 Å². The summed E-state index contributed by atoms with van der Waals surface area (Å²) in [5.74, 6) is -1.03. The molecule has 4 fully saturated rings. The van der Waals surface area contributed by atoms with Crippen molar-refractivity contribution in [2.24, 2.45) is 10.8 Å². The molecule has 3 N–H and O–H groups in total. The fourth-order valence-corrected chi connectivity index (χ4v) is 4.83. The Balaban J connectivity index is 1.87. The molecular formula is C14H17N5O5. The minimum Gasteiger partial charge on any atom is -0.352 e. The minimum atomic E-state index is -1.15. The second-order valence-electron chi connectivity index (χ2n) is 7.10. The Morgan fingerprint density at radius 2 is 1.38 bits per heavy atom. The quantitative estimate of drug-likeness (QED) is 0.502. The molecule has 0 aromatic carbocycles. The SMILES string of the molecule is CC12C(=O)NC(=O)N3CC(NC=O)CN4C(=O)NC(=O)C1(C)C4C32. The van der Waals surface area contributed by atoms with Crippen LogP contribution in [0.4, 0.5) is 9.59 Å². The Morgan fingerprint density at radius 1 is 0.958 bits per heavy atom. The molecule has 4 aliphatic rings. The fraction of sp³-hybridized carbons (Fsp3) is 0.643. The highest BCUT2D eigenvalue weighted by Crippen LogP contribution is 2.63. The van der Waals surface area contributed by atoms with Crippen molar-refractivity contribution in [3.8, 4) is 0 Å². The topological polar surface area (TPSA) is 128 Å². The predicted octanol–water partition coefficient (Wildman–Crippen LogP) is -2.02. The number of imide groups is 2. The average Bonchev–Trinajstić information content (AvgIpc) is 2.69. The normalized spacial score (nSPS) is 43.2. The highest BCUT2D eigenvalue weighted by molar-refractivity contribution is 6.11. The van der Waals surface area contributed by atoms with Gasteiger partial charge in [-0.15, -0.1) is 0 Å². The number of carbonyl (C=O) groups excluding carboxylic acids is 5. The van der Waals surface area contributed by atoms with Gasteiger partial charge in [-0.3, -0.25) is 25.0 Å². The van der Waals surface area contributed by atoms with Crippen LogP contribution in [0.1, 0.15) is 13.8 Å². The van der Waals surface area contributed by atoms with E-state index in [1.54, 1.807) is 13.8 Å². The Morgan fingerprint density at radius 3 is 1.75 bits per heavy atom. The minimum absolute atomic E-state index is 0.155. The van der Waals surface area contributed by atoms with Crippen LogP contribution in [-0.4, -0.2) is 71.3 Å². The number of rotatable bonds is 2. The van der Waals surface area contributed by atoms with Gasteiger partial charge in [0.25, 0.3) is 0 Å². The van der Waals surface area contributed by atoms with Gasteiger partial charge in [-0.25, -0.2) is 9.59 Å². The van der Waals surface area contributed by atoms with E-state index >= 15 is 0 Å². The summed E-state index contributed by atoms with van der Waals surface area (Å²) >= 11 is 0. The summed E-state index contributed by atoms with van der Waals surface area (Å²) in [6, 6.07) is -2.82. The van der Waals surface area contributed by atoms with E-state index in [1.807, 2.05) is 0 Å². The zero-order chi connectivity index (χ0) is 17.4. The first-order valence-corrected chi connectivity index (χ1v) is 7.70. The zero-order valence-corrected chi connectivity index (χ0v) is 13.2. The van der Waals surface area contributed by atoms with Crippen molar-refractivity contribution in [2.75, 3.05) is 13.1 Å². The number of amides is 7. The molecule has 1 aliphatic carbocycles. The molecule has 3 saturated heterocycles. The molecule has 10 nitrogen and oxygen atoms in total. The molecule has 0 aromatic heterocycles. The summed E-state index contributed by atoms with van der Waals surface area (Å²) in [5.41, 5.74) is -2.30. The van der Waals surface area contributed by atoms with Crippen LogP contribution in [0.15, 0.2) is 0 Å². The standard InChI is InChI=1S/C14H17N5O5/c1-13-7-8-14(13,2)10(22)17-12(24)19(8)4-6(15-5-20)3-18(7)11(23)16-9(13)21/h5-8H,3-4H2,1-2H3,(H,15,20)(H,16,21,23)(H,17,22,24).